The Morgan fingerprint density at radius 1 is 0.398 bits per heavy atom. The normalized spacial score (nSPS) is 12.2. The van der Waals surface area contributed by atoms with E-state index in [1.165, 1.54) is 270 Å². The van der Waals surface area contributed by atoms with Crippen LogP contribution in [-0.2, 0) is 4.65 Å². The van der Waals surface area contributed by atoms with Crippen molar-refractivity contribution < 1.29 is 32.3 Å². The van der Waals surface area contributed by atoms with Crippen molar-refractivity contribution in [3.63, 3.8) is 0 Å². The maximum absolute atomic E-state index is 14.7. The highest BCUT2D eigenvalue weighted by Gasteiger charge is 2.28. The summed E-state index contributed by atoms with van der Waals surface area (Å²) in [5, 5.41) is 12.9. The third kappa shape index (κ3) is 20.7. The van der Waals surface area contributed by atoms with Crippen molar-refractivity contribution in [1.82, 2.24) is 9.97 Å². The van der Waals surface area contributed by atoms with E-state index in [-0.39, 0.29) is 11.5 Å². The third-order valence-electron chi connectivity index (χ3n) is 20.1. The molecule has 2 heterocycles. The van der Waals surface area contributed by atoms with Crippen LogP contribution < -0.4 is 14.2 Å². The molecule has 2 aromatic heterocycles. The first kappa shape index (κ1) is 71.3. The topological polar surface area (TPSA) is 85.6 Å². The summed E-state index contributed by atoms with van der Waals surface area (Å²) in [6.45, 7) is 8.53. The lowest BCUT2D eigenvalue weighted by atomic mass is 9.94. The molecule has 93 heavy (non-hydrogen) atoms. The predicted octanol–water partition coefficient (Wildman–Crippen LogP) is 27.0. The lowest BCUT2D eigenvalue weighted by Gasteiger charge is -2.19. The van der Waals surface area contributed by atoms with Gasteiger partial charge in [-0.05, 0) is 97.4 Å². The summed E-state index contributed by atoms with van der Waals surface area (Å²) in [5.41, 5.74) is 2.03. The van der Waals surface area contributed by atoms with Crippen molar-refractivity contribution >= 4 is 83.6 Å². The number of fused-ring (bicyclic) bond motifs is 3. The van der Waals surface area contributed by atoms with E-state index in [2.05, 4.69) is 79.3 Å². The zero-order chi connectivity index (χ0) is 64.7. The number of hydrogen-bond acceptors (Lipinski definition) is 5. The number of rotatable bonds is 54. The van der Waals surface area contributed by atoms with Gasteiger partial charge < -0.3 is 28.8 Å². The Morgan fingerprint density at radius 3 is 1.16 bits per heavy atom. The summed E-state index contributed by atoms with van der Waals surface area (Å²) in [7, 11) is -3.17. The highest BCUT2D eigenvalue weighted by atomic mass is 19.2. The maximum atomic E-state index is 14.7. The van der Waals surface area contributed by atoms with E-state index in [0.29, 0.717) is 48.5 Å². The van der Waals surface area contributed by atoms with Crippen LogP contribution in [0.25, 0.3) is 81.7 Å². The largest absolute Gasteiger partial charge is 0.796 e. The Labute approximate surface area is 558 Å². The van der Waals surface area contributed by atoms with Crippen LogP contribution in [0.15, 0.2) is 85.1 Å². The second-order valence-electron chi connectivity index (χ2n) is 27.5. The van der Waals surface area contributed by atoms with Crippen molar-refractivity contribution in [3.05, 3.63) is 96.5 Å². The van der Waals surface area contributed by atoms with Crippen LogP contribution in [-0.4, -0.2) is 43.0 Å². The number of ether oxygens (including phenoxy) is 3. The molecule has 0 saturated heterocycles. The number of halogens is 2. The second-order valence-corrected chi connectivity index (χ2v) is 27.5. The van der Waals surface area contributed by atoms with Crippen LogP contribution in [0.3, 0.4) is 0 Å². The summed E-state index contributed by atoms with van der Waals surface area (Å²) in [6.07, 6.45) is 57.3. The van der Waals surface area contributed by atoms with Crippen LogP contribution in [0.5, 0.6) is 17.2 Å². The number of H-pyrrole nitrogens is 2. The monoisotopic (exact) mass is 1270 g/mol. The van der Waals surface area contributed by atoms with Crippen molar-refractivity contribution in [2.24, 2.45) is 0 Å². The number of benzene rings is 6. The molecule has 0 aliphatic carbocycles. The number of carbonyl (C=O) groups is 1. The Kier molecular flexibility index (Phi) is 30.5. The first-order valence-corrected chi connectivity index (χ1v) is 38.0. The van der Waals surface area contributed by atoms with Gasteiger partial charge in [0.25, 0.3) is 0 Å². The molecule has 0 unspecified atom stereocenters. The third-order valence-corrected chi connectivity index (χ3v) is 20.1. The van der Waals surface area contributed by atoms with E-state index in [1.54, 1.807) is 6.07 Å². The fraction of sp³-hybridized carbons (Fsp3) is 0.578. The predicted molar refractivity (Wildman–Crippen MR) is 394 cm³/mol. The van der Waals surface area contributed by atoms with Gasteiger partial charge in [-0.1, -0.05) is 320 Å². The number of carbonyl (C=O) groups excluding carboxylic acids is 1. The van der Waals surface area contributed by atoms with Gasteiger partial charge in [-0.2, -0.15) is 0 Å². The number of hydrogen-bond donors (Lipinski definition) is 2. The fourth-order valence-corrected chi connectivity index (χ4v) is 14.8. The van der Waals surface area contributed by atoms with Crippen LogP contribution in [0.1, 0.15) is 307 Å². The molecule has 0 saturated carbocycles. The van der Waals surface area contributed by atoms with Crippen LogP contribution >= 0.6 is 0 Å². The van der Waals surface area contributed by atoms with Crippen molar-refractivity contribution in [3.8, 4) is 28.5 Å². The molecule has 10 heteroatoms. The highest BCUT2D eigenvalue weighted by molar-refractivity contribution is 6.48. The highest BCUT2D eigenvalue weighted by Crippen LogP contribution is 2.52. The van der Waals surface area contributed by atoms with Gasteiger partial charge in [0.2, 0.25) is 11.5 Å². The average Bonchev–Trinajstić information content (AvgIpc) is 1.53. The molecule has 0 fully saturated rings. The molecule has 0 spiro atoms. The van der Waals surface area contributed by atoms with Gasteiger partial charge in [-0.3, -0.25) is 4.79 Å². The molecule has 0 radical (unpaired) electrons. The fourth-order valence-electron chi connectivity index (χ4n) is 14.8. The Hall–Kier alpha value is -6.03. The molecule has 0 aliphatic rings. The smallest absolute Gasteiger partial charge is 0.503 e. The van der Waals surface area contributed by atoms with Crippen LogP contribution in [0.2, 0.25) is 0 Å². The van der Waals surface area contributed by atoms with Crippen LogP contribution in [0.4, 0.5) is 8.63 Å². The summed E-state index contributed by atoms with van der Waals surface area (Å²) in [6, 6.07) is 24.8. The average molecular weight is 1270 g/mol. The standard InChI is InChI=1S/C83H115BF2N2O5/c1-4-7-10-13-16-19-22-25-28-31-34-37-40-43-56-90-74-59-66(60-75(91-57-44-41-38-35-32-29-26-23-20-17-14-11-8-5-2)83(74)92-58-45-42-39-36-33-30-27-24-21-18-15-12-9-6-3)70-54-55-71(88-70)72(89)61-73(93-84(85)86)82-79-68-53-51-65-49-47-63-46-48-64-50-52-67(69(79)62-87-82)80-77(64)76(63)78(65)81(68)80/h46-55,59-62,87-88H,4-45,56-58H2,1-3H3/b73-61-. The van der Waals surface area contributed by atoms with E-state index in [1.807, 2.05) is 24.4 Å². The van der Waals surface area contributed by atoms with E-state index >= 15 is 0 Å². The zero-order valence-electron chi connectivity index (χ0n) is 57.8. The first-order valence-electron chi connectivity index (χ1n) is 38.0. The summed E-state index contributed by atoms with van der Waals surface area (Å²) in [4.78, 5) is 21.3. The van der Waals surface area contributed by atoms with Crippen molar-refractivity contribution in [2.75, 3.05) is 19.8 Å². The van der Waals surface area contributed by atoms with Gasteiger partial charge in [0.15, 0.2) is 11.5 Å². The number of ketones is 1. The number of unbranched alkanes of at least 4 members (excludes halogenated alkanes) is 39. The van der Waals surface area contributed by atoms with Crippen LogP contribution in [0, 0.1) is 0 Å². The lowest BCUT2D eigenvalue weighted by molar-refractivity contribution is 0.104. The zero-order valence-corrected chi connectivity index (χ0v) is 57.8. The molecule has 0 bridgehead atoms. The quantitative estimate of drug-likeness (QED) is 0.00991. The Balaban J connectivity index is 0.895. The molecular formula is C83H115BF2N2O5. The summed E-state index contributed by atoms with van der Waals surface area (Å²) < 4.78 is 55.0. The SMILES string of the molecule is CCCCCCCCCCCCCCCCOc1cc(-c2ccc(C(=O)/C=C(\OB(F)F)c3[nH]cc4c5ccc6ccc7ccc8ccc(c34)c3c8c7c6c53)[nH]2)cc(OCCCCCCCCCCCCCCCC)c1OCCCCCCCCCCCCCCCC. The number of nitrogens with one attached hydrogen (secondary N) is 2. The van der Waals surface area contributed by atoms with Gasteiger partial charge in [0.1, 0.15) is 5.76 Å². The molecule has 0 amide bonds. The lowest BCUT2D eigenvalue weighted by Crippen LogP contribution is -2.07. The molecule has 9 aromatic rings. The number of aromatic nitrogens is 2. The van der Waals surface area contributed by atoms with Gasteiger partial charge in [0, 0.05) is 34.3 Å². The van der Waals surface area contributed by atoms with E-state index in [0.717, 1.165) is 76.4 Å². The van der Waals surface area contributed by atoms with Gasteiger partial charge >= 0.3 is 7.47 Å². The van der Waals surface area contributed by atoms with E-state index in [4.69, 9.17) is 18.9 Å². The summed E-state index contributed by atoms with van der Waals surface area (Å²) >= 11 is 0. The second kappa shape index (κ2) is 39.7. The molecule has 7 aromatic carbocycles. The van der Waals surface area contributed by atoms with Crippen molar-refractivity contribution in [1.29, 1.82) is 0 Å². The molecular weight excluding hydrogens is 1150 g/mol. The summed E-state index contributed by atoms with van der Waals surface area (Å²) in [5.74, 6) is 1.20. The van der Waals surface area contributed by atoms with Gasteiger partial charge in [0.05, 0.1) is 31.2 Å². The molecule has 9 rings (SSSR count). The maximum Gasteiger partial charge on any atom is 0.796 e. The molecule has 2 N–H and O–H groups in total. The minimum absolute atomic E-state index is 0.225. The van der Waals surface area contributed by atoms with E-state index in [9.17, 15) is 13.4 Å². The number of allylic oxidation sites excluding steroid dienone is 1. The molecule has 504 valence electrons. The minimum Gasteiger partial charge on any atom is -0.503 e. The minimum atomic E-state index is -3.17. The van der Waals surface area contributed by atoms with Gasteiger partial charge in [-0.25, -0.2) is 8.63 Å². The Morgan fingerprint density at radius 2 is 0.753 bits per heavy atom. The molecule has 7 nitrogen and oxygen atoms in total. The molecule has 0 aliphatic heterocycles. The van der Waals surface area contributed by atoms with E-state index < -0.39 is 13.3 Å². The van der Waals surface area contributed by atoms with Gasteiger partial charge in [-0.15, -0.1) is 0 Å². The molecule has 0 atom stereocenters. The first-order chi connectivity index (χ1) is 45.9. The van der Waals surface area contributed by atoms with Crippen molar-refractivity contribution in [2.45, 2.75) is 290 Å². The number of aromatic amines is 2. The Bertz CT molecular complexity index is 3500.